The summed E-state index contributed by atoms with van der Waals surface area (Å²) in [6.07, 6.45) is 1.63. The first kappa shape index (κ1) is 12.8. The molecule has 0 aromatic heterocycles. The summed E-state index contributed by atoms with van der Waals surface area (Å²) in [7, 11) is 0. The van der Waals surface area contributed by atoms with E-state index in [1.807, 2.05) is 6.92 Å². The maximum atomic E-state index is 11.6. The molecule has 1 heterocycles. The van der Waals surface area contributed by atoms with Gasteiger partial charge in [0.05, 0.1) is 11.6 Å². The van der Waals surface area contributed by atoms with Gasteiger partial charge in [0.25, 0.3) is 0 Å². The molecule has 0 aromatic carbocycles. The molecule has 5 heteroatoms. The molecule has 2 atom stereocenters. The number of carbonyl (C=O) groups is 1. The zero-order valence-corrected chi connectivity index (χ0v) is 10.2. The topological polar surface area (TPSA) is 61.4 Å². The Morgan fingerprint density at radius 1 is 1.73 bits per heavy atom. The first-order chi connectivity index (χ1) is 7.05. The third-order valence-electron chi connectivity index (χ3n) is 2.46. The van der Waals surface area contributed by atoms with Crippen molar-refractivity contribution < 1.29 is 9.90 Å². The van der Waals surface area contributed by atoms with Crippen molar-refractivity contribution in [2.45, 2.75) is 38.3 Å². The highest BCUT2D eigenvalue weighted by Gasteiger charge is 2.25. The van der Waals surface area contributed by atoms with Crippen LogP contribution in [0.15, 0.2) is 0 Å². The highest BCUT2D eigenvalue weighted by molar-refractivity contribution is 7.99. The Kier molecular flexibility index (Phi) is 4.89. The van der Waals surface area contributed by atoms with Gasteiger partial charge in [-0.05, 0) is 13.3 Å². The molecular formula is C10H20N2O2S. The predicted octanol–water partition coefficient (Wildman–Crippen LogP) is 0.316. The minimum atomic E-state index is -0.782. The second-order valence-corrected chi connectivity index (χ2v) is 5.27. The van der Waals surface area contributed by atoms with Crippen LogP contribution in [0.1, 0.15) is 26.7 Å². The minimum absolute atomic E-state index is 0.00335. The highest BCUT2D eigenvalue weighted by Crippen LogP contribution is 2.12. The van der Waals surface area contributed by atoms with E-state index in [9.17, 15) is 9.90 Å². The summed E-state index contributed by atoms with van der Waals surface area (Å²) < 4.78 is 0. The molecule has 88 valence electrons. The second kappa shape index (κ2) is 5.72. The summed E-state index contributed by atoms with van der Waals surface area (Å²) in [6, 6.07) is -0.0903. The third-order valence-corrected chi connectivity index (χ3v) is 3.40. The van der Waals surface area contributed by atoms with Gasteiger partial charge in [-0.15, -0.1) is 11.8 Å². The number of hydrogen-bond donors (Lipinski definition) is 3. The molecular weight excluding hydrogens is 212 g/mol. The lowest BCUT2D eigenvalue weighted by molar-refractivity contribution is -0.123. The number of hydrogen-bond acceptors (Lipinski definition) is 4. The Labute approximate surface area is 95.2 Å². The van der Waals surface area contributed by atoms with Gasteiger partial charge in [-0.2, -0.15) is 0 Å². The van der Waals surface area contributed by atoms with Crippen LogP contribution < -0.4 is 10.6 Å². The molecule has 1 amide bonds. The van der Waals surface area contributed by atoms with Crippen LogP contribution in [-0.2, 0) is 4.79 Å². The SMILES string of the molecule is CCCC(C)(O)CNC(=O)C1CSCN1. The molecule has 2 unspecified atom stereocenters. The molecule has 0 saturated carbocycles. The van der Waals surface area contributed by atoms with E-state index >= 15 is 0 Å². The molecule has 1 aliphatic heterocycles. The van der Waals surface area contributed by atoms with Crippen molar-refractivity contribution in [3.8, 4) is 0 Å². The second-order valence-electron chi connectivity index (χ2n) is 4.24. The van der Waals surface area contributed by atoms with E-state index in [1.165, 1.54) is 0 Å². The average molecular weight is 232 g/mol. The van der Waals surface area contributed by atoms with Crippen molar-refractivity contribution >= 4 is 17.7 Å². The summed E-state index contributed by atoms with van der Waals surface area (Å²) in [5.41, 5.74) is -0.782. The Balaban J connectivity index is 2.26. The Bertz CT molecular complexity index is 215. The van der Waals surface area contributed by atoms with E-state index in [-0.39, 0.29) is 11.9 Å². The fraction of sp³-hybridized carbons (Fsp3) is 0.900. The first-order valence-corrected chi connectivity index (χ1v) is 6.52. The van der Waals surface area contributed by atoms with E-state index in [1.54, 1.807) is 18.7 Å². The van der Waals surface area contributed by atoms with Gasteiger partial charge in [0.15, 0.2) is 0 Å². The molecule has 3 N–H and O–H groups in total. The molecule has 1 saturated heterocycles. The van der Waals surface area contributed by atoms with Crippen LogP contribution in [0, 0.1) is 0 Å². The van der Waals surface area contributed by atoms with Crippen molar-refractivity contribution in [3.05, 3.63) is 0 Å². The molecule has 15 heavy (non-hydrogen) atoms. The Morgan fingerprint density at radius 3 is 3.00 bits per heavy atom. The molecule has 0 aliphatic carbocycles. The molecule has 1 rings (SSSR count). The first-order valence-electron chi connectivity index (χ1n) is 5.36. The Morgan fingerprint density at radius 2 is 2.47 bits per heavy atom. The van der Waals surface area contributed by atoms with Crippen molar-refractivity contribution in [2.75, 3.05) is 18.2 Å². The largest absolute Gasteiger partial charge is 0.388 e. The van der Waals surface area contributed by atoms with E-state index in [2.05, 4.69) is 10.6 Å². The predicted molar refractivity (Wildman–Crippen MR) is 62.8 cm³/mol. The van der Waals surface area contributed by atoms with Crippen LogP contribution in [0.4, 0.5) is 0 Å². The van der Waals surface area contributed by atoms with Crippen molar-refractivity contribution in [1.29, 1.82) is 0 Å². The molecule has 4 nitrogen and oxygen atoms in total. The van der Waals surface area contributed by atoms with Crippen LogP contribution in [-0.4, -0.2) is 40.8 Å². The summed E-state index contributed by atoms with van der Waals surface area (Å²) in [6.45, 7) is 4.11. The van der Waals surface area contributed by atoms with Gasteiger partial charge in [-0.25, -0.2) is 0 Å². The average Bonchev–Trinajstić information content (AvgIpc) is 2.67. The van der Waals surface area contributed by atoms with Gasteiger partial charge in [0.2, 0.25) is 5.91 Å². The number of nitrogens with one attached hydrogen (secondary N) is 2. The molecule has 0 bridgehead atoms. The van der Waals surface area contributed by atoms with Crippen LogP contribution in [0.3, 0.4) is 0 Å². The molecule has 0 radical (unpaired) electrons. The number of thioether (sulfide) groups is 1. The van der Waals surface area contributed by atoms with Crippen LogP contribution in [0.25, 0.3) is 0 Å². The molecule has 0 aromatic rings. The van der Waals surface area contributed by atoms with Gasteiger partial charge in [-0.3, -0.25) is 10.1 Å². The Hall–Kier alpha value is -0.260. The van der Waals surface area contributed by atoms with Crippen LogP contribution >= 0.6 is 11.8 Å². The number of aliphatic hydroxyl groups is 1. The monoisotopic (exact) mass is 232 g/mol. The molecule has 0 spiro atoms. The summed E-state index contributed by atoms with van der Waals surface area (Å²) >= 11 is 1.72. The number of carbonyl (C=O) groups excluding carboxylic acids is 1. The van der Waals surface area contributed by atoms with E-state index < -0.39 is 5.60 Å². The third kappa shape index (κ3) is 4.40. The van der Waals surface area contributed by atoms with Gasteiger partial charge < -0.3 is 10.4 Å². The van der Waals surface area contributed by atoms with Crippen LogP contribution in [0.5, 0.6) is 0 Å². The lowest BCUT2D eigenvalue weighted by Crippen LogP contribution is -2.47. The normalized spacial score (nSPS) is 24.9. The quantitative estimate of drug-likeness (QED) is 0.639. The number of rotatable bonds is 5. The van der Waals surface area contributed by atoms with Crippen molar-refractivity contribution in [2.24, 2.45) is 0 Å². The summed E-state index contributed by atoms with van der Waals surface area (Å²) in [5.74, 6) is 1.65. The van der Waals surface area contributed by atoms with E-state index in [4.69, 9.17) is 0 Å². The smallest absolute Gasteiger partial charge is 0.238 e. The maximum absolute atomic E-state index is 11.6. The van der Waals surface area contributed by atoms with Crippen molar-refractivity contribution in [1.82, 2.24) is 10.6 Å². The van der Waals surface area contributed by atoms with Gasteiger partial charge >= 0.3 is 0 Å². The maximum Gasteiger partial charge on any atom is 0.238 e. The summed E-state index contributed by atoms with van der Waals surface area (Å²) in [4.78, 5) is 11.6. The fourth-order valence-corrected chi connectivity index (χ4v) is 2.53. The van der Waals surface area contributed by atoms with E-state index in [0.717, 1.165) is 18.1 Å². The van der Waals surface area contributed by atoms with E-state index in [0.29, 0.717) is 13.0 Å². The van der Waals surface area contributed by atoms with Gasteiger partial charge in [0.1, 0.15) is 0 Å². The molecule has 1 fully saturated rings. The lowest BCUT2D eigenvalue weighted by Gasteiger charge is -2.23. The lowest BCUT2D eigenvalue weighted by atomic mass is 10.0. The summed E-state index contributed by atoms with van der Waals surface area (Å²) in [5, 5.41) is 15.7. The molecule has 1 aliphatic rings. The zero-order valence-electron chi connectivity index (χ0n) is 9.38. The van der Waals surface area contributed by atoms with Crippen LogP contribution in [0.2, 0.25) is 0 Å². The number of amides is 1. The zero-order chi connectivity index (χ0) is 11.3. The van der Waals surface area contributed by atoms with Gasteiger partial charge in [0, 0.05) is 18.2 Å². The standard InChI is InChI=1S/C10H20N2O2S/c1-3-4-10(2,14)6-11-9(13)8-5-15-7-12-8/h8,12,14H,3-7H2,1-2H3,(H,11,13). The fourth-order valence-electron chi connectivity index (χ4n) is 1.59. The van der Waals surface area contributed by atoms with Crippen molar-refractivity contribution in [3.63, 3.8) is 0 Å². The van der Waals surface area contributed by atoms with Gasteiger partial charge in [-0.1, -0.05) is 13.3 Å². The minimum Gasteiger partial charge on any atom is -0.388 e. The highest BCUT2D eigenvalue weighted by atomic mass is 32.2.